The van der Waals surface area contributed by atoms with Gasteiger partial charge in [0.1, 0.15) is 12.4 Å². The van der Waals surface area contributed by atoms with E-state index >= 15 is 0 Å². The van der Waals surface area contributed by atoms with Gasteiger partial charge in [-0.25, -0.2) is 13.4 Å². The van der Waals surface area contributed by atoms with Crippen LogP contribution in [-0.2, 0) is 16.6 Å². The van der Waals surface area contributed by atoms with Crippen molar-refractivity contribution in [3.63, 3.8) is 0 Å². The van der Waals surface area contributed by atoms with Gasteiger partial charge in [0.15, 0.2) is 0 Å². The Balaban J connectivity index is 1.40. The van der Waals surface area contributed by atoms with Crippen LogP contribution in [0.5, 0.6) is 5.75 Å². The topological polar surface area (TPSA) is 88.6 Å². The van der Waals surface area contributed by atoms with Crippen LogP contribution in [0.2, 0.25) is 0 Å². The van der Waals surface area contributed by atoms with Crippen LogP contribution < -0.4 is 10.1 Å². The van der Waals surface area contributed by atoms with Crippen molar-refractivity contribution in [1.29, 1.82) is 0 Å². The average molecular weight is 458 g/mol. The van der Waals surface area contributed by atoms with Crippen LogP contribution in [0.25, 0.3) is 0 Å². The van der Waals surface area contributed by atoms with Crippen LogP contribution in [0.4, 0.5) is 5.69 Å². The quantitative estimate of drug-likeness (QED) is 0.578. The summed E-state index contributed by atoms with van der Waals surface area (Å²) >= 11 is 1.57. The van der Waals surface area contributed by atoms with Crippen molar-refractivity contribution in [2.75, 3.05) is 18.4 Å². The van der Waals surface area contributed by atoms with Crippen molar-refractivity contribution in [2.45, 2.75) is 31.3 Å². The van der Waals surface area contributed by atoms with Crippen LogP contribution in [0.15, 0.2) is 58.8 Å². The van der Waals surface area contributed by atoms with Crippen molar-refractivity contribution in [3.8, 4) is 5.75 Å². The van der Waals surface area contributed by atoms with E-state index in [9.17, 15) is 13.2 Å². The monoisotopic (exact) mass is 457 g/mol. The number of carbonyl (C=O) groups excluding carboxylic acids is 1. The third-order valence-electron chi connectivity index (χ3n) is 4.96. The fourth-order valence-corrected chi connectivity index (χ4v) is 5.51. The molecule has 0 saturated carbocycles. The Bertz CT molecular complexity index is 1170. The van der Waals surface area contributed by atoms with Crippen LogP contribution in [-0.4, -0.2) is 36.7 Å². The maximum Gasteiger partial charge on any atom is 0.255 e. The number of sulfonamides is 1. The summed E-state index contributed by atoms with van der Waals surface area (Å²) in [6, 6.07) is 13.1. The van der Waals surface area contributed by atoms with E-state index in [1.807, 2.05) is 12.3 Å². The molecule has 162 valence electrons. The molecule has 1 aliphatic heterocycles. The highest BCUT2D eigenvalue weighted by atomic mass is 32.2. The number of thiazole rings is 1. The number of nitrogens with one attached hydrogen (secondary N) is 1. The van der Waals surface area contributed by atoms with Crippen LogP contribution in [0, 0.1) is 6.92 Å². The lowest BCUT2D eigenvalue weighted by atomic mass is 10.2. The Hall–Kier alpha value is -2.75. The first-order valence-electron chi connectivity index (χ1n) is 9.97. The van der Waals surface area contributed by atoms with E-state index in [2.05, 4.69) is 10.3 Å². The molecule has 2 aromatic carbocycles. The van der Waals surface area contributed by atoms with Crippen molar-refractivity contribution in [1.82, 2.24) is 9.29 Å². The lowest BCUT2D eigenvalue weighted by Crippen LogP contribution is -2.27. The highest BCUT2D eigenvalue weighted by Gasteiger charge is 2.27. The predicted molar refractivity (Wildman–Crippen MR) is 120 cm³/mol. The second-order valence-electron chi connectivity index (χ2n) is 7.26. The Labute approximate surface area is 185 Å². The zero-order valence-electron chi connectivity index (χ0n) is 17.1. The van der Waals surface area contributed by atoms with Crippen molar-refractivity contribution < 1.29 is 17.9 Å². The van der Waals surface area contributed by atoms with Gasteiger partial charge in [-0.15, -0.1) is 11.3 Å². The van der Waals surface area contributed by atoms with E-state index in [1.54, 1.807) is 53.8 Å². The fourth-order valence-electron chi connectivity index (χ4n) is 3.35. The molecule has 1 aromatic heterocycles. The molecule has 0 bridgehead atoms. The third kappa shape index (κ3) is 5.12. The number of amides is 1. The Morgan fingerprint density at radius 1 is 1.16 bits per heavy atom. The lowest BCUT2D eigenvalue weighted by molar-refractivity contribution is 0.102. The number of rotatable bonds is 7. The number of aromatic nitrogens is 1. The number of carbonyl (C=O) groups is 1. The van der Waals surface area contributed by atoms with E-state index in [-0.39, 0.29) is 10.8 Å². The first-order chi connectivity index (χ1) is 14.9. The molecule has 3 aromatic rings. The van der Waals surface area contributed by atoms with Gasteiger partial charge in [-0.05, 0) is 62.2 Å². The van der Waals surface area contributed by atoms with Crippen LogP contribution in [0.3, 0.4) is 0 Å². The minimum absolute atomic E-state index is 0.188. The number of aryl methyl sites for hydroxylation is 1. The molecule has 7 nitrogen and oxygen atoms in total. The molecule has 1 N–H and O–H groups in total. The van der Waals surface area contributed by atoms with Crippen molar-refractivity contribution >= 4 is 33.0 Å². The summed E-state index contributed by atoms with van der Waals surface area (Å²) in [4.78, 5) is 17.1. The largest absolute Gasteiger partial charge is 0.487 e. The third-order valence-corrected chi connectivity index (χ3v) is 7.68. The Morgan fingerprint density at radius 3 is 2.58 bits per heavy atom. The normalized spacial score (nSPS) is 14.5. The van der Waals surface area contributed by atoms with Gasteiger partial charge in [-0.1, -0.05) is 6.07 Å². The molecule has 0 atom stereocenters. The summed E-state index contributed by atoms with van der Waals surface area (Å²) in [6.07, 6.45) is 1.75. The molecule has 1 saturated heterocycles. The number of nitrogens with zero attached hydrogens (tertiary/aromatic N) is 2. The Morgan fingerprint density at radius 2 is 1.90 bits per heavy atom. The molecule has 1 aliphatic rings. The van der Waals surface area contributed by atoms with Crippen LogP contribution >= 0.6 is 11.3 Å². The maximum atomic E-state index is 12.7. The number of anilines is 1. The molecular weight excluding hydrogens is 434 g/mol. The number of hydrogen-bond donors (Lipinski definition) is 1. The standard InChI is InChI=1S/C22H23N3O4S2/c1-16-23-19(15-30-16)14-29-20-9-7-17(8-10-20)22(26)24-18-5-4-6-21(13-18)31(27,28)25-11-2-3-12-25/h4-10,13,15H,2-3,11-12,14H2,1H3,(H,24,26). The number of benzene rings is 2. The highest BCUT2D eigenvalue weighted by molar-refractivity contribution is 7.89. The van der Waals surface area contributed by atoms with Crippen molar-refractivity contribution in [2.24, 2.45) is 0 Å². The second kappa shape index (κ2) is 9.17. The SMILES string of the molecule is Cc1nc(COc2ccc(C(=O)Nc3cccc(S(=O)(=O)N4CCCC4)c3)cc2)cs1. The van der Waals surface area contributed by atoms with Gasteiger partial charge in [0.05, 0.1) is 15.6 Å². The van der Waals surface area contributed by atoms with E-state index in [0.29, 0.717) is 36.7 Å². The molecule has 0 spiro atoms. The summed E-state index contributed by atoms with van der Waals surface area (Å²) in [5, 5.41) is 5.71. The second-order valence-corrected chi connectivity index (χ2v) is 10.3. The summed E-state index contributed by atoms with van der Waals surface area (Å²) in [6.45, 7) is 3.39. The number of hydrogen-bond acceptors (Lipinski definition) is 6. The predicted octanol–water partition coefficient (Wildman–Crippen LogP) is 4.07. The fraction of sp³-hybridized carbons (Fsp3) is 0.273. The van der Waals surface area contributed by atoms with E-state index in [4.69, 9.17) is 4.74 Å². The molecule has 9 heteroatoms. The van der Waals surface area contributed by atoms with Gasteiger partial charge in [0.2, 0.25) is 10.0 Å². The minimum Gasteiger partial charge on any atom is -0.487 e. The van der Waals surface area contributed by atoms with Gasteiger partial charge in [-0.2, -0.15) is 4.31 Å². The number of ether oxygens (including phenoxy) is 1. The maximum absolute atomic E-state index is 12.7. The van der Waals surface area contributed by atoms with E-state index < -0.39 is 10.0 Å². The van der Waals surface area contributed by atoms with Crippen molar-refractivity contribution in [3.05, 3.63) is 70.2 Å². The summed E-state index contributed by atoms with van der Waals surface area (Å²) in [5.74, 6) is 0.318. The zero-order chi connectivity index (χ0) is 21.8. The van der Waals surface area contributed by atoms with Gasteiger partial charge >= 0.3 is 0 Å². The van der Waals surface area contributed by atoms with Gasteiger partial charge < -0.3 is 10.1 Å². The van der Waals surface area contributed by atoms with E-state index in [0.717, 1.165) is 23.5 Å². The molecule has 1 fully saturated rings. The molecule has 31 heavy (non-hydrogen) atoms. The molecule has 1 amide bonds. The molecule has 0 unspecified atom stereocenters. The Kier molecular flexibility index (Phi) is 6.35. The zero-order valence-corrected chi connectivity index (χ0v) is 18.7. The van der Waals surface area contributed by atoms with Crippen LogP contribution in [0.1, 0.15) is 33.9 Å². The van der Waals surface area contributed by atoms with Gasteiger partial charge in [0.25, 0.3) is 5.91 Å². The van der Waals surface area contributed by atoms with Gasteiger partial charge in [0, 0.05) is 29.7 Å². The lowest BCUT2D eigenvalue weighted by Gasteiger charge is -2.16. The molecule has 2 heterocycles. The van der Waals surface area contributed by atoms with E-state index in [1.165, 1.54) is 10.4 Å². The molecule has 4 rings (SSSR count). The highest BCUT2D eigenvalue weighted by Crippen LogP contribution is 2.23. The summed E-state index contributed by atoms with van der Waals surface area (Å²) in [5.41, 5.74) is 1.75. The summed E-state index contributed by atoms with van der Waals surface area (Å²) in [7, 11) is -3.53. The molecular formula is C22H23N3O4S2. The first kappa shape index (κ1) is 21.5. The molecule has 0 radical (unpaired) electrons. The smallest absolute Gasteiger partial charge is 0.255 e. The average Bonchev–Trinajstić information content (AvgIpc) is 3.45. The minimum atomic E-state index is -3.53. The summed E-state index contributed by atoms with van der Waals surface area (Å²) < 4.78 is 32.7. The van der Waals surface area contributed by atoms with Gasteiger partial charge in [-0.3, -0.25) is 4.79 Å². The first-order valence-corrected chi connectivity index (χ1v) is 12.3. The molecule has 0 aliphatic carbocycles.